The minimum Gasteiger partial charge on any atom is -0.505 e. The van der Waals surface area contributed by atoms with E-state index in [9.17, 15) is 18.1 Å². The van der Waals surface area contributed by atoms with Gasteiger partial charge in [-0.25, -0.2) is 22.8 Å². The number of hydrogen-bond acceptors (Lipinski definition) is 3. The van der Waals surface area contributed by atoms with Crippen LogP contribution < -0.4 is 5.14 Å². The van der Waals surface area contributed by atoms with Gasteiger partial charge in [0.15, 0.2) is 11.6 Å². The largest absolute Gasteiger partial charge is 0.505 e. The molecule has 1 aromatic heterocycles. The standard InChI is InChI=1S/C16H13F2N3O2S/c17-9-11-8-15(10-1-6-16(22)14(18)7-10)21(20-11)12-2-4-13(5-3-12)24(19)23/h1-8,22H,9,19H2. The number of benzene rings is 2. The minimum absolute atomic E-state index is 0.185. The molecule has 1 heterocycles. The van der Waals surface area contributed by atoms with E-state index in [0.717, 1.165) is 6.07 Å². The molecular formula is C16H13F2N3O2S. The number of halogens is 2. The summed E-state index contributed by atoms with van der Waals surface area (Å²) >= 11 is 0. The molecule has 0 aliphatic rings. The molecule has 0 saturated carbocycles. The van der Waals surface area contributed by atoms with Gasteiger partial charge in [-0.15, -0.1) is 0 Å². The maximum atomic E-state index is 13.6. The molecule has 0 aliphatic carbocycles. The molecule has 0 bridgehead atoms. The number of phenols is 1. The minimum atomic E-state index is -1.60. The summed E-state index contributed by atoms with van der Waals surface area (Å²) in [7, 11) is -1.60. The maximum absolute atomic E-state index is 13.6. The molecule has 1 unspecified atom stereocenters. The second kappa shape index (κ2) is 6.50. The molecule has 124 valence electrons. The van der Waals surface area contributed by atoms with Gasteiger partial charge in [0.25, 0.3) is 0 Å². The predicted molar refractivity (Wildman–Crippen MR) is 86.0 cm³/mol. The predicted octanol–water partition coefficient (Wildman–Crippen LogP) is 2.83. The van der Waals surface area contributed by atoms with Gasteiger partial charge in [-0.05, 0) is 48.5 Å². The average molecular weight is 349 g/mol. The lowest BCUT2D eigenvalue weighted by atomic mass is 10.1. The Morgan fingerprint density at radius 2 is 1.88 bits per heavy atom. The molecule has 8 heteroatoms. The van der Waals surface area contributed by atoms with Crippen molar-refractivity contribution in [1.29, 1.82) is 0 Å². The zero-order chi connectivity index (χ0) is 17.3. The fourth-order valence-electron chi connectivity index (χ4n) is 2.29. The van der Waals surface area contributed by atoms with E-state index in [4.69, 9.17) is 5.14 Å². The van der Waals surface area contributed by atoms with E-state index in [0.29, 0.717) is 21.8 Å². The summed E-state index contributed by atoms with van der Waals surface area (Å²) in [5.41, 5.74) is 1.66. The summed E-state index contributed by atoms with van der Waals surface area (Å²) < 4.78 is 39.3. The van der Waals surface area contributed by atoms with E-state index in [1.54, 1.807) is 24.3 Å². The van der Waals surface area contributed by atoms with Crippen LogP contribution in [0.1, 0.15) is 5.69 Å². The summed E-state index contributed by atoms with van der Waals surface area (Å²) in [5, 5.41) is 18.8. The molecule has 0 fully saturated rings. The number of aromatic nitrogens is 2. The van der Waals surface area contributed by atoms with Gasteiger partial charge in [0.05, 0.1) is 22.0 Å². The number of aromatic hydroxyl groups is 1. The summed E-state index contributed by atoms with van der Waals surface area (Å²) in [6, 6.07) is 11.8. The smallest absolute Gasteiger partial charge is 0.165 e. The fourth-order valence-corrected chi connectivity index (χ4v) is 2.69. The number of nitrogens with zero attached hydrogens (tertiary/aromatic N) is 2. The first kappa shape index (κ1) is 16.3. The topological polar surface area (TPSA) is 81.1 Å². The van der Waals surface area contributed by atoms with Crippen molar-refractivity contribution < 1.29 is 18.1 Å². The van der Waals surface area contributed by atoms with Gasteiger partial charge in [0.1, 0.15) is 17.7 Å². The first-order chi connectivity index (χ1) is 11.5. The third-order valence-corrected chi connectivity index (χ3v) is 4.19. The number of rotatable bonds is 4. The molecule has 3 aromatic rings. The Balaban J connectivity index is 2.12. The van der Waals surface area contributed by atoms with Gasteiger partial charge in [-0.1, -0.05) is 0 Å². The Bertz CT molecular complexity index is 910. The normalized spacial score (nSPS) is 12.3. The van der Waals surface area contributed by atoms with Crippen LogP contribution in [0.25, 0.3) is 16.9 Å². The van der Waals surface area contributed by atoms with Crippen LogP contribution in [-0.2, 0) is 17.7 Å². The highest BCUT2D eigenvalue weighted by Crippen LogP contribution is 2.28. The maximum Gasteiger partial charge on any atom is 0.165 e. The molecule has 0 saturated heterocycles. The van der Waals surface area contributed by atoms with E-state index in [-0.39, 0.29) is 5.69 Å². The van der Waals surface area contributed by atoms with Crippen molar-refractivity contribution in [3.63, 3.8) is 0 Å². The molecule has 0 amide bonds. The Hall–Kier alpha value is -2.58. The van der Waals surface area contributed by atoms with Crippen molar-refractivity contribution in [3.05, 3.63) is 60.0 Å². The van der Waals surface area contributed by atoms with Crippen molar-refractivity contribution in [2.75, 3.05) is 0 Å². The van der Waals surface area contributed by atoms with Gasteiger partial charge in [-0.2, -0.15) is 5.10 Å². The fraction of sp³-hybridized carbons (Fsp3) is 0.0625. The first-order valence-electron chi connectivity index (χ1n) is 6.90. The van der Waals surface area contributed by atoms with E-state index >= 15 is 0 Å². The van der Waals surface area contributed by atoms with Crippen LogP contribution in [0.15, 0.2) is 53.4 Å². The van der Waals surface area contributed by atoms with Crippen LogP contribution in [-0.4, -0.2) is 19.1 Å². The van der Waals surface area contributed by atoms with Crippen molar-refractivity contribution in [2.45, 2.75) is 11.6 Å². The molecular weight excluding hydrogens is 336 g/mol. The molecule has 5 nitrogen and oxygen atoms in total. The SMILES string of the molecule is NS(=O)c1ccc(-n2nc(CF)cc2-c2ccc(O)c(F)c2)cc1. The van der Waals surface area contributed by atoms with Crippen LogP contribution in [0, 0.1) is 5.82 Å². The van der Waals surface area contributed by atoms with Crippen LogP contribution in [0.2, 0.25) is 0 Å². The van der Waals surface area contributed by atoms with Crippen molar-refractivity contribution in [2.24, 2.45) is 5.14 Å². The summed E-state index contributed by atoms with van der Waals surface area (Å²) in [6.07, 6.45) is 0. The van der Waals surface area contributed by atoms with Crippen molar-refractivity contribution in [3.8, 4) is 22.7 Å². The van der Waals surface area contributed by atoms with Gasteiger partial charge in [0, 0.05) is 5.56 Å². The highest BCUT2D eigenvalue weighted by atomic mass is 32.2. The highest BCUT2D eigenvalue weighted by molar-refractivity contribution is 7.82. The molecule has 2 aromatic carbocycles. The lowest BCUT2D eigenvalue weighted by Crippen LogP contribution is -2.04. The second-order valence-corrected chi connectivity index (χ2v) is 6.09. The third-order valence-electron chi connectivity index (χ3n) is 3.45. The summed E-state index contributed by atoms with van der Waals surface area (Å²) in [4.78, 5) is 0.439. The van der Waals surface area contributed by atoms with E-state index < -0.39 is 29.2 Å². The first-order valence-corrected chi connectivity index (χ1v) is 8.11. The van der Waals surface area contributed by atoms with Crippen molar-refractivity contribution >= 4 is 11.0 Å². The van der Waals surface area contributed by atoms with Gasteiger partial charge >= 0.3 is 0 Å². The van der Waals surface area contributed by atoms with Gasteiger partial charge < -0.3 is 5.11 Å². The number of nitrogens with two attached hydrogens (primary N) is 1. The molecule has 24 heavy (non-hydrogen) atoms. The Kier molecular flexibility index (Phi) is 4.41. The summed E-state index contributed by atoms with van der Waals surface area (Å²) in [5.74, 6) is -1.25. The third kappa shape index (κ3) is 3.06. The number of alkyl halides is 1. The Morgan fingerprint density at radius 3 is 2.46 bits per heavy atom. The average Bonchev–Trinajstić information content (AvgIpc) is 3.02. The second-order valence-electron chi connectivity index (χ2n) is 5.02. The molecule has 0 spiro atoms. The molecule has 3 rings (SSSR count). The lowest BCUT2D eigenvalue weighted by molar-refractivity contribution is 0.432. The Labute approximate surface area is 138 Å². The van der Waals surface area contributed by atoms with Crippen LogP contribution in [0.4, 0.5) is 8.78 Å². The highest BCUT2D eigenvalue weighted by Gasteiger charge is 2.14. The van der Waals surface area contributed by atoms with Gasteiger partial charge in [0.2, 0.25) is 0 Å². The quantitative estimate of drug-likeness (QED) is 0.760. The van der Waals surface area contributed by atoms with E-state index in [1.807, 2.05) is 0 Å². The monoisotopic (exact) mass is 349 g/mol. The van der Waals surface area contributed by atoms with Crippen LogP contribution >= 0.6 is 0 Å². The molecule has 0 radical (unpaired) electrons. The number of hydrogen-bond donors (Lipinski definition) is 2. The van der Waals surface area contributed by atoms with Gasteiger partial charge in [-0.3, -0.25) is 0 Å². The van der Waals surface area contributed by atoms with E-state index in [2.05, 4.69) is 5.10 Å². The van der Waals surface area contributed by atoms with Crippen LogP contribution in [0.3, 0.4) is 0 Å². The molecule has 1 atom stereocenters. The molecule has 3 N–H and O–H groups in total. The Morgan fingerprint density at radius 1 is 1.17 bits per heavy atom. The number of phenolic OH excluding ortho intramolecular Hbond substituents is 1. The zero-order valence-electron chi connectivity index (χ0n) is 12.3. The van der Waals surface area contributed by atoms with Crippen LogP contribution in [0.5, 0.6) is 5.75 Å². The van der Waals surface area contributed by atoms with Crippen molar-refractivity contribution in [1.82, 2.24) is 9.78 Å². The summed E-state index contributed by atoms with van der Waals surface area (Å²) in [6.45, 7) is -0.772. The van der Waals surface area contributed by atoms with E-state index in [1.165, 1.54) is 22.9 Å². The lowest BCUT2D eigenvalue weighted by Gasteiger charge is -2.09. The molecule has 0 aliphatic heterocycles. The zero-order valence-corrected chi connectivity index (χ0v) is 13.1.